The van der Waals surface area contributed by atoms with E-state index >= 15 is 0 Å². The third kappa shape index (κ3) is 3.02. The minimum Gasteiger partial charge on any atom is -0.354 e. The van der Waals surface area contributed by atoms with Crippen molar-refractivity contribution in [3.05, 3.63) is 0 Å². The van der Waals surface area contributed by atoms with E-state index in [4.69, 9.17) is 0 Å². The third-order valence-corrected chi connectivity index (χ3v) is 3.29. The van der Waals surface area contributed by atoms with E-state index in [1.54, 1.807) is 6.92 Å². The molecular formula is C11H21NO. The SMILES string of the molecule is CCC1CC(NC(C)=O)CCC1C. The second-order valence-electron chi connectivity index (χ2n) is 4.36. The number of carbonyl (C=O) groups excluding carboxylic acids is 1. The Hall–Kier alpha value is -0.530. The molecule has 0 aromatic heterocycles. The normalized spacial score (nSPS) is 34.2. The van der Waals surface area contributed by atoms with Crippen LogP contribution in [0.5, 0.6) is 0 Å². The van der Waals surface area contributed by atoms with Crippen LogP contribution in [0.15, 0.2) is 0 Å². The van der Waals surface area contributed by atoms with Gasteiger partial charge in [-0.15, -0.1) is 0 Å². The first-order valence-corrected chi connectivity index (χ1v) is 5.40. The first kappa shape index (κ1) is 10.6. The molecule has 0 aromatic rings. The highest BCUT2D eigenvalue weighted by atomic mass is 16.1. The maximum Gasteiger partial charge on any atom is 0.217 e. The molecule has 0 spiro atoms. The van der Waals surface area contributed by atoms with E-state index in [2.05, 4.69) is 19.2 Å². The van der Waals surface area contributed by atoms with Gasteiger partial charge in [0.15, 0.2) is 0 Å². The second-order valence-corrected chi connectivity index (χ2v) is 4.36. The molecule has 3 unspecified atom stereocenters. The fraction of sp³-hybridized carbons (Fsp3) is 0.909. The molecule has 76 valence electrons. The van der Waals surface area contributed by atoms with Gasteiger partial charge in [-0.3, -0.25) is 4.79 Å². The Morgan fingerprint density at radius 3 is 2.69 bits per heavy atom. The van der Waals surface area contributed by atoms with Crippen molar-refractivity contribution in [2.75, 3.05) is 0 Å². The van der Waals surface area contributed by atoms with Crippen molar-refractivity contribution in [3.63, 3.8) is 0 Å². The van der Waals surface area contributed by atoms with E-state index in [1.165, 1.54) is 19.3 Å². The molecule has 1 saturated carbocycles. The van der Waals surface area contributed by atoms with E-state index < -0.39 is 0 Å². The summed E-state index contributed by atoms with van der Waals surface area (Å²) >= 11 is 0. The molecule has 1 N–H and O–H groups in total. The number of hydrogen-bond donors (Lipinski definition) is 1. The molecule has 0 aromatic carbocycles. The van der Waals surface area contributed by atoms with Gasteiger partial charge in [-0.25, -0.2) is 0 Å². The lowest BCUT2D eigenvalue weighted by Crippen LogP contribution is -2.39. The monoisotopic (exact) mass is 183 g/mol. The fourth-order valence-corrected chi connectivity index (χ4v) is 2.40. The molecule has 2 nitrogen and oxygen atoms in total. The number of carbonyl (C=O) groups is 1. The second kappa shape index (κ2) is 4.64. The standard InChI is InChI=1S/C11H21NO/c1-4-10-7-11(12-9(3)13)6-5-8(10)2/h8,10-11H,4-7H2,1-3H3,(H,12,13). The summed E-state index contributed by atoms with van der Waals surface area (Å²) < 4.78 is 0. The summed E-state index contributed by atoms with van der Waals surface area (Å²) in [5.41, 5.74) is 0. The average molecular weight is 183 g/mol. The Morgan fingerprint density at radius 2 is 2.15 bits per heavy atom. The van der Waals surface area contributed by atoms with Gasteiger partial charge in [0, 0.05) is 13.0 Å². The zero-order chi connectivity index (χ0) is 9.84. The van der Waals surface area contributed by atoms with Crippen LogP contribution in [-0.4, -0.2) is 11.9 Å². The highest BCUT2D eigenvalue weighted by Crippen LogP contribution is 2.31. The van der Waals surface area contributed by atoms with Crippen molar-refractivity contribution in [2.24, 2.45) is 11.8 Å². The maximum absolute atomic E-state index is 10.9. The fourth-order valence-electron chi connectivity index (χ4n) is 2.40. The number of hydrogen-bond acceptors (Lipinski definition) is 1. The van der Waals surface area contributed by atoms with Gasteiger partial charge >= 0.3 is 0 Å². The highest BCUT2D eigenvalue weighted by Gasteiger charge is 2.26. The summed E-state index contributed by atoms with van der Waals surface area (Å²) in [5, 5.41) is 3.03. The summed E-state index contributed by atoms with van der Waals surface area (Å²) in [6.45, 7) is 6.19. The summed E-state index contributed by atoms with van der Waals surface area (Å²) in [6.07, 6.45) is 4.86. The lowest BCUT2D eigenvalue weighted by atomic mass is 9.76. The van der Waals surface area contributed by atoms with Gasteiger partial charge in [-0.1, -0.05) is 20.3 Å². The van der Waals surface area contributed by atoms with Crippen LogP contribution in [-0.2, 0) is 4.79 Å². The van der Waals surface area contributed by atoms with Gasteiger partial charge in [0.25, 0.3) is 0 Å². The summed E-state index contributed by atoms with van der Waals surface area (Å²) in [4.78, 5) is 10.9. The maximum atomic E-state index is 10.9. The van der Waals surface area contributed by atoms with Gasteiger partial charge in [-0.2, -0.15) is 0 Å². The van der Waals surface area contributed by atoms with Gasteiger partial charge < -0.3 is 5.32 Å². The molecule has 1 fully saturated rings. The van der Waals surface area contributed by atoms with Crippen molar-refractivity contribution in [2.45, 2.75) is 52.5 Å². The van der Waals surface area contributed by atoms with Crippen molar-refractivity contribution < 1.29 is 4.79 Å². The quantitative estimate of drug-likeness (QED) is 0.699. The Bertz CT molecular complexity index is 179. The topological polar surface area (TPSA) is 29.1 Å². The molecule has 0 aliphatic heterocycles. The van der Waals surface area contributed by atoms with E-state index in [1.807, 2.05) is 0 Å². The lowest BCUT2D eigenvalue weighted by Gasteiger charge is -2.33. The molecule has 0 bridgehead atoms. The van der Waals surface area contributed by atoms with Crippen molar-refractivity contribution in [1.29, 1.82) is 0 Å². The summed E-state index contributed by atoms with van der Waals surface area (Å²) in [6, 6.07) is 0.443. The molecule has 1 aliphatic carbocycles. The van der Waals surface area contributed by atoms with Crippen LogP contribution in [0, 0.1) is 11.8 Å². The van der Waals surface area contributed by atoms with Crippen LogP contribution < -0.4 is 5.32 Å². The van der Waals surface area contributed by atoms with Crippen LogP contribution >= 0.6 is 0 Å². The average Bonchev–Trinajstić information content (AvgIpc) is 2.07. The first-order valence-electron chi connectivity index (χ1n) is 5.40. The number of nitrogens with one attached hydrogen (secondary N) is 1. The molecule has 0 saturated heterocycles. The molecule has 3 atom stereocenters. The van der Waals surface area contributed by atoms with Gasteiger partial charge in [-0.05, 0) is 31.1 Å². The first-order chi connectivity index (χ1) is 6.13. The summed E-state index contributed by atoms with van der Waals surface area (Å²) in [5.74, 6) is 1.77. The largest absolute Gasteiger partial charge is 0.354 e. The Balaban J connectivity index is 2.40. The molecule has 0 heterocycles. The van der Waals surface area contributed by atoms with Crippen molar-refractivity contribution >= 4 is 5.91 Å². The third-order valence-electron chi connectivity index (χ3n) is 3.29. The zero-order valence-electron chi connectivity index (χ0n) is 8.97. The number of rotatable bonds is 2. The minimum absolute atomic E-state index is 0.120. The zero-order valence-corrected chi connectivity index (χ0v) is 8.97. The van der Waals surface area contributed by atoms with E-state index in [0.717, 1.165) is 18.3 Å². The molecule has 1 aliphatic rings. The Morgan fingerprint density at radius 1 is 1.46 bits per heavy atom. The van der Waals surface area contributed by atoms with E-state index in [-0.39, 0.29) is 5.91 Å². The van der Waals surface area contributed by atoms with Crippen LogP contribution in [0.2, 0.25) is 0 Å². The predicted octanol–water partition coefficient (Wildman–Crippen LogP) is 2.34. The van der Waals surface area contributed by atoms with Gasteiger partial charge in [0.1, 0.15) is 0 Å². The molecular weight excluding hydrogens is 162 g/mol. The minimum atomic E-state index is 0.120. The Kier molecular flexibility index (Phi) is 3.76. The Labute approximate surface area is 81.1 Å². The van der Waals surface area contributed by atoms with Gasteiger partial charge in [0.05, 0.1) is 0 Å². The van der Waals surface area contributed by atoms with Crippen LogP contribution in [0.4, 0.5) is 0 Å². The van der Waals surface area contributed by atoms with Crippen molar-refractivity contribution in [3.8, 4) is 0 Å². The molecule has 1 rings (SSSR count). The van der Waals surface area contributed by atoms with E-state index in [0.29, 0.717) is 6.04 Å². The lowest BCUT2D eigenvalue weighted by molar-refractivity contribution is -0.120. The van der Waals surface area contributed by atoms with E-state index in [9.17, 15) is 4.79 Å². The molecule has 2 heteroatoms. The van der Waals surface area contributed by atoms with Gasteiger partial charge in [0.2, 0.25) is 5.91 Å². The highest BCUT2D eigenvalue weighted by molar-refractivity contribution is 5.73. The number of amides is 1. The smallest absolute Gasteiger partial charge is 0.217 e. The predicted molar refractivity (Wildman–Crippen MR) is 54.4 cm³/mol. The molecule has 13 heavy (non-hydrogen) atoms. The van der Waals surface area contributed by atoms with Crippen LogP contribution in [0.1, 0.15) is 46.5 Å². The molecule has 1 amide bonds. The van der Waals surface area contributed by atoms with Crippen LogP contribution in [0.25, 0.3) is 0 Å². The van der Waals surface area contributed by atoms with Crippen molar-refractivity contribution in [1.82, 2.24) is 5.32 Å². The van der Waals surface area contributed by atoms with Crippen LogP contribution in [0.3, 0.4) is 0 Å². The molecule has 0 radical (unpaired) electrons. The summed E-state index contributed by atoms with van der Waals surface area (Å²) in [7, 11) is 0.